The summed E-state index contributed by atoms with van der Waals surface area (Å²) in [5, 5.41) is 7.79. The highest BCUT2D eigenvalue weighted by atomic mass is 32.2. The van der Waals surface area contributed by atoms with Crippen LogP contribution >= 0.6 is 0 Å². The lowest BCUT2D eigenvalue weighted by molar-refractivity contribution is -0.144. The average Bonchev–Trinajstić information content (AvgIpc) is 3.24. The van der Waals surface area contributed by atoms with Gasteiger partial charge in [-0.25, -0.2) is 18.5 Å². The number of alkyl halides is 3. The highest BCUT2D eigenvalue weighted by Crippen LogP contribution is 2.31. The predicted molar refractivity (Wildman–Crippen MR) is 103 cm³/mol. The van der Waals surface area contributed by atoms with Gasteiger partial charge in [0.05, 0.1) is 22.5 Å². The van der Waals surface area contributed by atoms with Crippen LogP contribution in [0.3, 0.4) is 0 Å². The monoisotopic (exact) mass is 439 g/mol. The highest BCUT2D eigenvalue weighted by molar-refractivity contribution is 7.89. The number of aromatic amines is 1. The quantitative estimate of drug-likeness (QED) is 0.576. The van der Waals surface area contributed by atoms with E-state index in [9.17, 15) is 26.4 Å². The molecule has 0 fully saturated rings. The third kappa shape index (κ3) is 3.96. The molecule has 0 saturated carbocycles. The molecule has 4 N–H and O–H groups in total. The van der Waals surface area contributed by atoms with Crippen LogP contribution in [0, 0.1) is 0 Å². The topological polar surface area (TPSA) is 121 Å². The second-order valence-electron chi connectivity index (χ2n) is 6.87. The lowest BCUT2D eigenvalue weighted by atomic mass is 10.2. The van der Waals surface area contributed by atoms with E-state index in [0.29, 0.717) is 18.7 Å². The van der Waals surface area contributed by atoms with Gasteiger partial charge in [0, 0.05) is 17.9 Å². The van der Waals surface area contributed by atoms with Crippen LogP contribution in [0.25, 0.3) is 11.0 Å². The number of nitrogens with zero attached hydrogens (tertiary/aromatic N) is 2. The van der Waals surface area contributed by atoms with Crippen molar-refractivity contribution in [2.24, 2.45) is 5.14 Å². The number of carbonyl (C=O) groups excluding carboxylic acids is 1. The van der Waals surface area contributed by atoms with Crippen molar-refractivity contribution in [1.82, 2.24) is 9.97 Å². The summed E-state index contributed by atoms with van der Waals surface area (Å²) < 4.78 is 61.2. The van der Waals surface area contributed by atoms with Crippen LogP contribution in [0.4, 0.5) is 24.5 Å². The maximum absolute atomic E-state index is 12.8. The van der Waals surface area contributed by atoms with Gasteiger partial charge in [-0.05, 0) is 48.4 Å². The zero-order valence-electron chi connectivity index (χ0n) is 15.3. The largest absolute Gasteiger partial charge is 0.449 e. The first-order valence-corrected chi connectivity index (χ1v) is 10.3. The number of benzene rings is 2. The Morgan fingerprint density at radius 2 is 2.00 bits per heavy atom. The fraction of sp³-hybridized carbons (Fsp3) is 0.222. The number of carbonyl (C=O) groups is 1. The number of amides is 1. The number of primary sulfonamides is 1. The van der Waals surface area contributed by atoms with E-state index in [1.165, 1.54) is 30.3 Å². The molecule has 0 radical (unpaired) electrons. The Labute approximate surface area is 168 Å². The Balaban J connectivity index is 1.47. The molecule has 1 aliphatic rings. The third-order valence-corrected chi connectivity index (χ3v) is 5.65. The number of anilines is 2. The van der Waals surface area contributed by atoms with Crippen molar-refractivity contribution in [3.63, 3.8) is 0 Å². The van der Waals surface area contributed by atoms with E-state index in [0.717, 1.165) is 11.3 Å². The first-order valence-electron chi connectivity index (χ1n) is 8.78. The molecule has 0 bridgehead atoms. The summed E-state index contributed by atoms with van der Waals surface area (Å²) in [5.41, 5.74) is 2.12. The normalized spacial score (nSPS) is 14.2. The van der Waals surface area contributed by atoms with Crippen LogP contribution in [-0.2, 0) is 27.4 Å². The minimum Gasteiger partial charge on any atom is -0.362 e. The molecule has 12 heteroatoms. The Morgan fingerprint density at radius 1 is 1.23 bits per heavy atom. The summed E-state index contributed by atoms with van der Waals surface area (Å²) in [7, 11) is -3.81. The number of nitrogens with two attached hydrogens (primary N) is 1. The number of nitrogens with one attached hydrogen (secondary N) is 2. The fourth-order valence-electron chi connectivity index (χ4n) is 3.38. The van der Waals surface area contributed by atoms with Crippen LogP contribution in [0.15, 0.2) is 41.3 Å². The Bertz CT molecular complexity index is 1250. The first-order chi connectivity index (χ1) is 14.0. The number of halogens is 3. The molecular weight excluding hydrogens is 423 g/mol. The second-order valence-corrected chi connectivity index (χ2v) is 8.43. The van der Waals surface area contributed by atoms with E-state index in [1.54, 1.807) is 11.0 Å². The van der Waals surface area contributed by atoms with Crippen LogP contribution in [-0.4, -0.2) is 37.4 Å². The van der Waals surface area contributed by atoms with Crippen molar-refractivity contribution in [3.05, 3.63) is 47.8 Å². The fourth-order valence-corrected chi connectivity index (χ4v) is 3.95. The average molecular weight is 439 g/mol. The molecular formula is C18H16F3N5O3S. The van der Waals surface area contributed by atoms with Crippen molar-refractivity contribution in [1.29, 1.82) is 0 Å². The highest BCUT2D eigenvalue weighted by Gasteiger charge is 2.34. The third-order valence-electron chi connectivity index (χ3n) is 4.74. The van der Waals surface area contributed by atoms with E-state index in [2.05, 4.69) is 15.3 Å². The van der Waals surface area contributed by atoms with Gasteiger partial charge in [-0.2, -0.15) is 13.2 Å². The maximum Gasteiger partial charge on any atom is 0.449 e. The van der Waals surface area contributed by atoms with Crippen LogP contribution < -0.4 is 15.4 Å². The van der Waals surface area contributed by atoms with Crippen molar-refractivity contribution >= 4 is 38.3 Å². The molecule has 1 aliphatic heterocycles. The summed E-state index contributed by atoms with van der Waals surface area (Å²) in [6.45, 7) is 0.516. The maximum atomic E-state index is 12.8. The molecule has 8 nitrogen and oxygen atoms in total. The molecule has 3 aromatic rings. The standard InChI is InChI=1S/C18H16F3N5O3S/c19-18(20,21)17-24-13-3-1-11(8-14(13)25-17)23-16(27)9-26-6-5-10-7-12(30(22,28)29)2-4-15(10)26/h1-4,7-8H,5-6,9H2,(H,23,27)(H,24,25)(H2,22,28,29). The van der Waals surface area contributed by atoms with Gasteiger partial charge in [0.25, 0.3) is 0 Å². The van der Waals surface area contributed by atoms with Crippen molar-refractivity contribution in [2.75, 3.05) is 23.3 Å². The minimum absolute atomic E-state index is 0.00344. The molecule has 0 spiro atoms. The number of rotatable bonds is 4. The summed E-state index contributed by atoms with van der Waals surface area (Å²) in [6.07, 6.45) is -4.03. The molecule has 1 amide bonds. The zero-order chi connectivity index (χ0) is 21.7. The zero-order valence-corrected chi connectivity index (χ0v) is 16.1. The minimum atomic E-state index is -4.59. The first kappa shape index (κ1) is 20.2. The van der Waals surface area contributed by atoms with Gasteiger partial charge in [-0.1, -0.05) is 0 Å². The molecule has 0 aliphatic carbocycles. The summed E-state index contributed by atoms with van der Waals surface area (Å²) in [6, 6.07) is 8.71. The Kier molecular flexibility index (Phi) is 4.70. The molecule has 30 heavy (non-hydrogen) atoms. The van der Waals surface area contributed by atoms with Crippen LogP contribution in [0.2, 0.25) is 0 Å². The summed E-state index contributed by atoms with van der Waals surface area (Å²) >= 11 is 0. The molecule has 2 heterocycles. The van der Waals surface area contributed by atoms with E-state index in [4.69, 9.17) is 5.14 Å². The van der Waals surface area contributed by atoms with E-state index in [-0.39, 0.29) is 28.4 Å². The van der Waals surface area contributed by atoms with Gasteiger partial charge in [0.15, 0.2) is 0 Å². The number of H-pyrrole nitrogens is 1. The van der Waals surface area contributed by atoms with Gasteiger partial charge in [0.1, 0.15) is 0 Å². The van der Waals surface area contributed by atoms with E-state index < -0.39 is 22.0 Å². The molecule has 0 saturated heterocycles. The van der Waals surface area contributed by atoms with E-state index in [1.807, 2.05) is 0 Å². The van der Waals surface area contributed by atoms with Crippen LogP contribution in [0.5, 0.6) is 0 Å². The van der Waals surface area contributed by atoms with Gasteiger partial charge in [-0.15, -0.1) is 0 Å². The Hall–Kier alpha value is -3.12. The number of hydrogen-bond acceptors (Lipinski definition) is 5. The second kappa shape index (κ2) is 6.99. The number of aromatic nitrogens is 2. The number of sulfonamides is 1. The predicted octanol–water partition coefficient (Wildman–Crippen LogP) is 2.23. The summed E-state index contributed by atoms with van der Waals surface area (Å²) in [5.74, 6) is -1.47. The molecule has 0 atom stereocenters. The van der Waals surface area contributed by atoms with Gasteiger partial charge in [0.2, 0.25) is 21.8 Å². The molecule has 0 unspecified atom stereocenters. The Morgan fingerprint density at radius 3 is 2.70 bits per heavy atom. The molecule has 4 rings (SSSR count). The van der Waals surface area contributed by atoms with Gasteiger partial charge < -0.3 is 15.2 Å². The lowest BCUT2D eigenvalue weighted by Gasteiger charge is -2.19. The number of imidazole rings is 1. The number of fused-ring (bicyclic) bond motifs is 2. The summed E-state index contributed by atoms with van der Waals surface area (Å²) in [4.78, 5) is 19.9. The molecule has 1 aromatic heterocycles. The SMILES string of the molecule is NS(=O)(=O)c1ccc2c(c1)CCN2CC(=O)Nc1ccc2nc(C(F)(F)F)[nH]c2c1. The smallest absolute Gasteiger partial charge is 0.362 e. The van der Waals surface area contributed by atoms with Crippen LogP contribution in [0.1, 0.15) is 11.4 Å². The van der Waals surface area contributed by atoms with Crippen molar-refractivity contribution < 1.29 is 26.4 Å². The number of hydrogen-bond donors (Lipinski definition) is 3. The van der Waals surface area contributed by atoms with Gasteiger partial charge >= 0.3 is 6.18 Å². The lowest BCUT2D eigenvalue weighted by Crippen LogP contribution is -2.31. The van der Waals surface area contributed by atoms with Crippen molar-refractivity contribution in [2.45, 2.75) is 17.5 Å². The van der Waals surface area contributed by atoms with Gasteiger partial charge in [-0.3, -0.25) is 4.79 Å². The van der Waals surface area contributed by atoms with Crippen molar-refractivity contribution in [3.8, 4) is 0 Å². The van der Waals surface area contributed by atoms with E-state index >= 15 is 0 Å². The molecule has 158 valence electrons. The molecule has 2 aromatic carbocycles.